The van der Waals surface area contributed by atoms with Crippen molar-refractivity contribution in [1.29, 1.82) is 0 Å². The molecule has 2 aromatic rings. The van der Waals surface area contributed by atoms with Crippen LogP contribution in [-0.2, 0) is 4.79 Å². The van der Waals surface area contributed by atoms with Gasteiger partial charge in [-0.05, 0) is 36.9 Å². The second-order valence-electron chi connectivity index (χ2n) is 4.70. The minimum Gasteiger partial charge on any atom is -0.385 e. The van der Waals surface area contributed by atoms with Crippen molar-refractivity contribution in [3.63, 3.8) is 0 Å². The van der Waals surface area contributed by atoms with Gasteiger partial charge in [0.15, 0.2) is 0 Å². The summed E-state index contributed by atoms with van der Waals surface area (Å²) in [5, 5.41) is 9.19. The Morgan fingerprint density at radius 3 is 2.81 bits per heavy atom. The first-order chi connectivity index (χ1) is 10.2. The maximum Gasteiger partial charge on any atom is 0.240 e. The maximum absolute atomic E-state index is 11.6. The first kappa shape index (κ1) is 15.3. The first-order valence-electron chi connectivity index (χ1n) is 6.90. The summed E-state index contributed by atoms with van der Waals surface area (Å²) in [5.74, 6) is -0.0616. The van der Waals surface area contributed by atoms with Crippen molar-refractivity contribution in [3.05, 3.63) is 52.2 Å². The van der Waals surface area contributed by atoms with E-state index in [0.717, 1.165) is 23.5 Å². The van der Waals surface area contributed by atoms with Gasteiger partial charge >= 0.3 is 0 Å². The average molecular weight is 301 g/mol. The third kappa shape index (κ3) is 5.79. The number of carbonyl (C=O) groups excluding carboxylic acids is 1. The van der Waals surface area contributed by atoms with Crippen molar-refractivity contribution >= 4 is 29.1 Å². The molecule has 0 aliphatic heterocycles. The number of benzene rings is 1. The number of nitrogens with zero attached hydrogens (tertiary/aromatic N) is 1. The molecule has 2 N–H and O–H groups in total. The minimum absolute atomic E-state index is 0.0616. The van der Waals surface area contributed by atoms with E-state index in [-0.39, 0.29) is 5.91 Å². The number of hydrogen-bond donors (Lipinski definition) is 2. The van der Waals surface area contributed by atoms with Crippen LogP contribution in [0.4, 0.5) is 5.69 Å². The highest BCUT2D eigenvalue weighted by Gasteiger charge is 1.99. The quantitative estimate of drug-likeness (QED) is 0.468. The summed E-state index contributed by atoms with van der Waals surface area (Å²) >= 11 is 1.58. The average Bonchev–Trinajstić information content (AvgIpc) is 2.99. The van der Waals surface area contributed by atoms with Gasteiger partial charge in [0.05, 0.1) is 6.21 Å². The summed E-state index contributed by atoms with van der Waals surface area (Å²) in [6.07, 6.45) is 2.89. The molecular formula is C16H19N3OS. The molecule has 1 amide bonds. The minimum atomic E-state index is -0.0616. The van der Waals surface area contributed by atoms with Crippen LogP contribution in [0.1, 0.15) is 23.3 Å². The Balaban J connectivity index is 1.60. The number of rotatable bonds is 7. The standard InChI is InChI=1S/C16H19N3OS/c1-13-6-8-14(9-7-13)17-10-2-5-16(20)19-18-12-15-4-3-11-21-15/h3-4,6-9,11-12,17H,2,5,10H2,1H3,(H,19,20)/b18-12+. The van der Waals surface area contributed by atoms with E-state index in [1.54, 1.807) is 17.6 Å². The van der Waals surface area contributed by atoms with E-state index >= 15 is 0 Å². The van der Waals surface area contributed by atoms with Gasteiger partial charge in [-0.3, -0.25) is 4.79 Å². The highest BCUT2D eigenvalue weighted by Crippen LogP contribution is 2.08. The summed E-state index contributed by atoms with van der Waals surface area (Å²) in [5.41, 5.74) is 4.86. The van der Waals surface area contributed by atoms with Gasteiger partial charge in [0.1, 0.15) is 0 Å². The monoisotopic (exact) mass is 301 g/mol. The lowest BCUT2D eigenvalue weighted by Crippen LogP contribution is -2.18. The molecule has 0 unspecified atom stereocenters. The van der Waals surface area contributed by atoms with Crippen LogP contribution in [0.25, 0.3) is 0 Å². The number of anilines is 1. The van der Waals surface area contributed by atoms with Gasteiger partial charge < -0.3 is 5.32 Å². The molecular weight excluding hydrogens is 282 g/mol. The van der Waals surface area contributed by atoms with Gasteiger partial charge in [-0.1, -0.05) is 23.8 Å². The number of hydrazone groups is 1. The molecule has 0 bridgehead atoms. The zero-order valence-electron chi connectivity index (χ0n) is 12.0. The fourth-order valence-electron chi connectivity index (χ4n) is 1.74. The van der Waals surface area contributed by atoms with Crippen molar-refractivity contribution in [3.8, 4) is 0 Å². The number of carbonyl (C=O) groups is 1. The zero-order chi connectivity index (χ0) is 14.9. The van der Waals surface area contributed by atoms with Gasteiger partial charge in [-0.15, -0.1) is 11.3 Å². The first-order valence-corrected chi connectivity index (χ1v) is 7.78. The molecule has 0 aliphatic rings. The molecule has 0 saturated carbocycles. The topological polar surface area (TPSA) is 53.5 Å². The van der Waals surface area contributed by atoms with E-state index in [4.69, 9.17) is 0 Å². The van der Waals surface area contributed by atoms with E-state index in [0.29, 0.717) is 6.42 Å². The van der Waals surface area contributed by atoms with Gasteiger partial charge in [0, 0.05) is 23.5 Å². The molecule has 0 atom stereocenters. The number of amides is 1. The number of thiophene rings is 1. The van der Waals surface area contributed by atoms with Crippen LogP contribution >= 0.6 is 11.3 Å². The van der Waals surface area contributed by atoms with Crippen molar-refractivity contribution in [1.82, 2.24) is 5.43 Å². The molecule has 0 spiro atoms. The highest BCUT2D eigenvalue weighted by atomic mass is 32.1. The van der Waals surface area contributed by atoms with Crippen molar-refractivity contribution in [2.24, 2.45) is 5.10 Å². The molecule has 0 aliphatic carbocycles. The zero-order valence-corrected chi connectivity index (χ0v) is 12.8. The van der Waals surface area contributed by atoms with Crippen LogP contribution in [0.15, 0.2) is 46.9 Å². The lowest BCUT2D eigenvalue weighted by atomic mass is 10.2. The smallest absolute Gasteiger partial charge is 0.240 e. The van der Waals surface area contributed by atoms with Crippen LogP contribution in [0.2, 0.25) is 0 Å². The number of nitrogens with one attached hydrogen (secondary N) is 2. The van der Waals surface area contributed by atoms with Crippen molar-refractivity contribution < 1.29 is 4.79 Å². The molecule has 0 fully saturated rings. The third-order valence-electron chi connectivity index (χ3n) is 2.89. The summed E-state index contributed by atoms with van der Waals surface area (Å²) in [6.45, 7) is 2.83. The maximum atomic E-state index is 11.6. The molecule has 5 heteroatoms. The highest BCUT2D eigenvalue weighted by molar-refractivity contribution is 7.11. The lowest BCUT2D eigenvalue weighted by Gasteiger charge is -2.06. The van der Waals surface area contributed by atoms with Gasteiger partial charge in [-0.2, -0.15) is 5.10 Å². The SMILES string of the molecule is Cc1ccc(NCCCC(=O)N/N=C/c2cccs2)cc1. The normalized spacial score (nSPS) is 10.7. The van der Waals surface area contributed by atoms with E-state index < -0.39 is 0 Å². The van der Waals surface area contributed by atoms with Gasteiger partial charge in [-0.25, -0.2) is 5.43 Å². The van der Waals surface area contributed by atoms with Crippen LogP contribution in [0, 0.1) is 6.92 Å². The largest absolute Gasteiger partial charge is 0.385 e. The Morgan fingerprint density at radius 2 is 2.10 bits per heavy atom. The van der Waals surface area contributed by atoms with E-state index in [1.165, 1.54) is 5.56 Å². The summed E-state index contributed by atoms with van der Waals surface area (Å²) < 4.78 is 0. The Labute approximate surface area is 128 Å². The Hall–Kier alpha value is -2.14. The number of aryl methyl sites for hydroxylation is 1. The number of hydrogen-bond acceptors (Lipinski definition) is 4. The molecule has 0 radical (unpaired) electrons. The van der Waals surface area contributed by atoms with Gasteiger partial charge in [0.25, 0.3) is 0 Å². The van der Waals surface area contributed by atoms with Crippen molar-refractivity contribution in [2.75, 3.05) is 11.9 Å². The molecule has 1 aromatic carbocycles. The fourth-order valence-corrected chi connectivity index (χ4v) is 2.33. The Bertz CT molecular complexity index is 576. The Morgan fingerprint density at radius 1 is 1.29 bits per heavy atom. The molecule has 1 heterocycles. The second-order valence-corrected chi connectivity index (χ2v) is 5.68. The predicted octanol–water partition coefficient (Wildman–Crippen LogP) is 3.40. The predicted molar refractivity (Wildman–Crippen MR) is 89.0 cm³/mol. The third-order valence-corrected chi connectivity index (χ3v) is 3.69. The molecule has 21 heavy (non-hydrogen) atoms. The molecule has 2 rings (SSSR count). The van der Waals surface area contributed by atoms with E-state index in [2.05, 4.69) is 34.9 Å². The van der Waals surface area contributed by atoms with Crippen LogP contribution < -0.4 is 10.7 Å². The summed E-state index contributed by atoms with van der Waals surface area (Å²) in [4.78, 5) is 12.6. The van der Waals surface area contributed by atoms with Crippen LogP contribution in [0.3, 0.4) is 0 Å². The van der Waals surface area contributed by atoms with Crippen molar-refractivity contribution in [2.45, 2.75) is 19.8 Å². The van der Waals surface area contributed by atoms with E-state index in [1.807, 2.05) is 29.6 Å². The summed E-state index contributed by atoms with van der Waals surface area (Å²) in [7, 11) is 0. The van der Waals surface area contributed by atoms with Gasteiger partial charge in [0.2, 0.25) is 5.91 Å². The second kappa shape index (κ2) is 8.21. The van der Waals surface area contributed by atoms with E-state index in [9.17, 15) is 4.79 Å². The van der Waals surface area contributed by atoms with Crippen LogP contribution in [0.5, 0.6) is 0 Å². The van der Waals surface area contributed by atoms with Crippen LogP contribution in [-0.4, -0.2) is 18.7 Å². The fraction of sp³-hybridized carbons (Fsp3) is 0.250. The molecule has 0 saturated heterocycles. The molecule has 110 valence electrons. The molecule has 1 aromatic heterocycles. The summed E-state index contributed by atoms with van der Waals surface area (Å²) in [6, 6.07) is 12.1. The lowest BCUT2D eigenvalue weighted by molar-refractivity contribution is -0.121. The Kier molecular flexibility index (Phi) is 5.97. The molecule has 4 nitrogen and oxygen atoms in total.